The molecule has 2 heteroatoms. The first kappa shape index (κ1) is 4.13. The summed E-state index contributed by atoms with van der Waals surface area (Å²) in [5, 5.41) is 0. The molecular formula is C4H6NSe. The molecule has 0 aromatic heterocycles. The number of allylic oxidation sites excluding steroid dienone is 2. The maximum absolute atomic E-state index is 5.49. The molecule has 2 N–H and O–H groups in total. The third kappa shape index (κ3) is 0.716. The van der Waals surface area contributed by atoms with Gasteiger partial charge >= 0.3 is 41.0 Å². The molecule has 0 spiro atoms. The fraction of sp³-hybridized carbons (Fsp3) is 0. The van der Waals surface area contributed by atoms with Gasteiger partial charge in [0.25, 0.3) is 0 Å². The number of rotatable bonds is 0. The van der Waals surface area contributed by atoms with E-state index in [-0.39, 0.29) is 0 Å². The molecule has 1 aliphatic heterocycles. The van der Waals surface area contributed by atoms with E-state index in [1.165, 1.54) is 0 Å². The molecule has 0 amide bonds. The summed E-state index contributed by atoms with van der Waals surface area (Å²) in [4.78, 5) is 4.14. The number of hydrogen-bond donors (Lipinski definition) is 1. The van der Waals surface area contributed by atoms with Crippen LogP contribution in [0.2, 0.25) is 0 Å². The fourth-order valence-electron chi connectivity index (χ4n) is 0.318. The first-order valence-corrected chi connectivity index (χ1v) is 4.67. The second kappa shape index (κ2) is 1.61. The summed E-state index contributed by atoms with van der Waals surface area (Å²) in [7, 11) is 0. The molecule has 33 valence electrons. The summed E-state index contributed by atoms with van der Waals surface area (Å²) in [5.41, 5.74) is 0. The topological polar surface area (TPSA) is 26.0 Å². The van der Waals surface area contributed by atoms with Crippen LogP contribution in [0.15, 0.2) is 22.1 Å². The quantitative estimate of drug-likeness (QED) is 0.484. The Balaban J connectivity index is 2.60. The molecule has 1 nitrogen and oxygen atoms in total. The van der Waals surface area contributed by atoms with Crippen LogP contribution in [-0.4, -0.2) is 14.1 Å². The van der Waals surface area contributed by atoms with E-state index in [9.17, 15) is 0 Å². The molecule has 1 radical (unpaired) electrons. The van der Waals surface area contributed by atoms with Crippen molar-refractivity contribution in [3.63, 3.8) is 0 Å². The molecule has 0 saturated carbocycles. The summed E-state index contributed by atoms with van der Waals surface area (Å²) < 4.78 is 5.49. The maximum atomic E-state index is 5.49. The molecule has 0 unspecified atom stereocenters. The Morgan fingerprint density at radius 3 is 1.83 bits per heavy atom. The number of hydrogen-bond acceptors (Lipinski definition) is 1. The van der Waals surface area contributed by atoms with Crippen molar-refractivity contribution in [1.29, 1.82) is 0 Å². The first-order chi connectivity index (χ1) is 2.89. The standard InChI is InChI=1S/C4H6NSe/c5-6-3-1-2-4-6/h1-4H,5H2. The molecule has 0 saturated heterocycles. The molecule has 1 aliphatic rings. The molecule has 0 aromatic carbocycles. The molecule has 1 rings (SSSR count). The van der Waals surface area contributed by atoms with Gasteiger partial charge in [0.05, 0.1) is 0 Å². The fourth-order valence-corrected chi connectivity index (χ4v) is 1.65. The van der Waals surface area contributed by atoms with E-state index < -0.39 is 14.1 Å². The van der Waals surface area contributed by atoms with Crippen LogP contribution < -0.4 is 4.75 Å². The second-order valence-electron chi connectivity index (χ2n) is 1.07. The first-order valence-electron chi connectivity index (χ1n) is 1.71. The van der Waals surface area contributed by atoms with Crippen LogP contribution in [0.1, 0.15) is 0 Å². The summed E-state index contributed by atoms with van der Waals surface area (Å²) >= 11 is -0.801. The molecule has 0 aromatic rings. The van der Waals surface area contributed by atoms with Crippen LogP contribution >= 0.6 is 0 Å². The Morgan fingerprint density at radius 2 is 1.67 bits per heavy atom. The van der Waals surface area contributed by atoms with Crippen molar-refractivity contribution in [2.24, 2.45) is 4.75 Å². The van der Waals surface area contributed by atoms with Gasteiger partial charge in [-0.25, -0.2) is 0 Å². The summed E-state index contributed by atoms with van der Waals surface area (Å²) in [6.07, 6.45) is 4.01. The van der Waals surface area contributed by atoms with E-state index in [1.807, 2.05) is 12.2 Å². The van der Waals surface area contributed by atoms with Gasteiger partial charge in [0, 0.05) is 0 Å². The van der Waals surface area contributed by atoms with Crippen LogP contribution in [0.25, 0.3) is 0 Å². The predicted molar refractivity (Wildman–Crippen MR) is 28.2 cm³/mol. The number of nitrogens with two attached hydrogens (primary N) is 1. The van der Waals surface area contributed by atoms with Crippen LogP contribution in [0.3, 0.4) is 0 Å². The van der Waals surface area contributed by atoms with Crippen molar-refractivity contribution in [3.05, 3.63) is 22.1 Å². The van der Waals surface area contributed by atoms with Crippen LogP contribution in [0.5, 0.6) is 0 Å². The Labute approximate surface area is 41.6 Å². The van der Waals surface area contributed by atoms with Crippen LogP contribution in [-0.2, 0) is 0 Å². The average Bonchev–Trinajstić information content (AvgIpc) is 1.86. The van der Waals surface area contributed by atoms with E-state index in [4.69, 9.17) is 4.75 Å². The van der Waals surface area contributed by atoms with Gasteiger partial charge in [-0.2, -0.15) is 0 Å². The minimum absolute atomic E-state index is 0.801. The summed E-state index contributed by atoms with van der Waals surface area (Å²) in [5.74, 6) is 0. The average molecular weight is 147 g/mol. The molecular weight excluding hydrogens is 141 g/mol. The van der Waals surface area contributed by atoms with E-state index in [1.54, 1.807) is 0 Å². The van der Waals surface area contributed by atoms with E-state index in [2.05, 4.69) is 9.95 Å². The summed E-state index contributed by atoms with van der Waals surface area (Å²) in [6.45, 7) is 0. The second-order valence-corrected chi connectivity index (χ2v) is 3.92. The van der Waals surface area contributed by atoms with Crippen molar-refractivity contribution in [1.82, 2.24) is 0 Å². The monoisotopic (exact) mass is 148 g/mol. The van der Waals surface area contributed by atoms with Gasteiger partial charge in [-0.15, -0.1) is 0 Å². The van der Waals surface area contributed by atoms with Crippen molar-refractivity contribution >= 4 is 14.1 Å². The SMILES string of the molecule is N[Se]1C=CC=C1. The van der Waals surface area contributed by atoms with Gasteiger partial charge < -0.3 is 0 Å². The Hall–Kier alpha value is -0.0405. The zero-order chi connectivity index (χ0) is 4.41. The molecule has 6 heavy (non-hydrogen) atoms. The van der Waals surface area contributed by atoms with Gasteiger partial charge in [0.1, 0.15) is 0 Å². The van der Waals surface area contributed by atoms with Crippen molar-refractivity contribution < 1.29 is 0 Å². The third-order valence-electron chi connectivity index (χ3n) is 0.583. The summed E-state index contributed by atoms with van der Waals surface area (Å²) in [6, 6.07) is 0. The van der Waals surface area contributed by atoms with Crippen LogP contribution in [0.4, 0.5) is 0 Å². The van der Waals surface area contributed by atoms with Crippen LogP contribution in [0, 0.1) is 0 Å². The molecule has 0 aliphatic carbocycles. The van der Waals surface area contributed by atoms with Gasteiger partial charge in [0.2, 0.25) is 0 Å². The normalized spacial score (nSPS) is 20.2. The predicted octanol–water partition coefficient (Wildman–Crippen LogP) is 0.141. The van der Waals surface area contributed by atoms with Gasteiger partial charge in [-0.3, -0.25) is 0 Å². The molecule has 1 heterocycles. The Morgan fingerprint density at radius 1 is 1.17 bits per heavy atom. The van der Waals surface area contributed by atoms with Gasteiger partial charge in [-0.05, 0) is 0 Å². The zero-order valence-corrected chi connectivity index (χ0v) is 5.01. The Kier molecular flexibility index (Phi) is 1.10. The van der Waals surface area contributed by atoms with E-state index in [0.29, 0.717) is 0 Å². The Bertz CT molecular complexity index is 83.7. The van der Waals surface area contributed by atoms with Crippen molar-refractivity contribution in [2.75, 3.05) is 0 Å². The third-order valence-corrected chi connectivity index (χ3v) is 2.56. The van der Waals surface area contributed by atoms with Gasteiger partial charge in [-0.1, -0.05) is 0 Å². The van der Waals surface area contributed by atoms with E-state index in [0.717, 1.165) is 0 Å². The molecule has 0 fully saturated rings. The van der Waals surface area contributed by atoms with Crippen molar-refractivity contribution in [3.8, 4) is 0 Å². The minimum atomic E-state index is -0.801. The molecule has 0 atom stereocenters. The zero-order valence-electron chi connectivity index (χ0n) is 3.29. The van der Waals surface area contributed by atoms with Gasteiger partial charge in [0.15, 0.2) is 0 Å². The van der Waals surface area contributed by atoms with Crippen molar-refractivity contribution in [2.45, 2.75) is 0 Å². The van der Waals surface area contributed by atoms with E-state index >= 15 is 0 Å². The molecule has 0 bridgehead atoms.